The van der Waals surface area contributed by atoms with Crippen molar-refractivity contribution in [3.63, 3.8) is 0 Å². The number of nitrogens with zero attached hydrogens (tertiary/aromatic N) is 1. The number of aromatic hydroxyl groups is 2. The first-order valence-electron chi connectivity index (χ1n) is 9.16. The fourth-order valence-electron chi connectivity index (χ4n) is 2.49. The third-order valence-electron chi connectivity index (χ3n) is 3.96. The molecule has 0 radical (unpaired) electrons. The van der Waals surface area contributed by atoms with Gasteiger partial charge in [0.25, 0.3) is 0 Å². The van der Waals surface area contributed by atoms with Gasteiger partial charge < -0.3 is 19.7 Å². The summed E-state index contributed by atoms with van der Waals surface area (Å²) in [5, 5.41) is 19.6. The number of hydrogen-bond acceptors (Lipinski definition) is 6. The van der Waals surface area contributed by atoms with Gasteiger partial charge in [-0.05, 0) is 55.0 Å². The van der Waals surface area contributed by atoms with E-state index >= 15 is 0 Å². The van der Waals surface area contributed by atoms with Crippen molar-refractivity contribution >= 4 is 17.9 Å². The van der Waals surface area contributed by atoms with Crippen molar-refractivity contribution in [3.05, 3.63) is 77.9 Å². The van der Waals surface area contributed by atoms with Crippen LogP contribution in [0.4, 0.5) is 5.69 Å². The van der Waals surface area contributed by atoms with Crippen molar-refractivity contribution in [2.45, 2.75) is 13.3 Å². The lowest BCUT2D eigenvalue weighted by molar-refractivity contribution is 0.0734. The van der Waals surface area contributed by atoms with Gasteiger partial charge in [-0.1, -0.05) is 13.0 Å². The number of hydrogen-bond donors (Lipinski definition) is 2. The van der Waals surface area contributed by atoms with Gasteiger partial charge >= 0.3 is 5.97 Å². The van der Waals surface area contributed by atoms with Crippen LogP contribution < -0.4 is 9.47 Å². The minimum Gasteiger partial charge on any atom is -0.508 e. The highest BCUT2D eigenvalue weighted by molar-refractivity contribution is 5.91. The van der Waals surface area contributed by atoms with Crippen LogP contribution in [0.2, 0.25) is 0 Å². The Morgan fingerprint density at radius 3 is 2.45 bits per heavy atom. The molecule has 0 bridgehead atoms. The van der Waals surface area contributed by atoms with Crippen LogP contribution in [-0.4, -0.2) is 29.0 Å². The fraction of sp³-hybridized carbons (Fsp3) is 0.130. The van der Waals surface area contributed by atoms with E-state index < -0.39 is 5.97 Å². The Labute approximate surface area is 168 Å². The molecule has 0 spiro atoms. The molecular formula is C23H21NO5. The third kappa shape index (κ3) is 5.59. The molecule has 3 aromatic rings. The number of phenolic OH excluding ortho intramolecular Hbond substituents is 2. The van der Waals surface area contributed by atoms with E-state index in [1.54, 1.807) is 54.6 Å². The van der Waals surface area contributed by atoms with E-state index in [1.807, 2.05) is 6.92 Å². The Hall–Kier alpha value is -3.80. The molecule has 0 saturated heterocycles. The average Bonchev–Trinajstić information content (AvgIpc) is 2.72. The summed E-state index contributed by atoms with van der Waals surface area (Å²) >= 11 is 0. The minimum atomic E-state index is -0.535. The van der Waals surface area contributed by atoms with Gasteiger partial charge in [-0.25, -0.2) is 4.79 Å². The van der Waals surface area contributed by atoms with Gasteiger partial charge in [0.1, 0.15) is 23.0 Å². The van der Waals surface area contributed by atoms with Crippen molar-refractivity contribution in [1.82, 2.24) is 0 Å². The molecule has 3 rings (SSSR count). The van der Waals surface area contributed by atoms with E-state index in [2.05, 4.69) is 4.99 Å². The standard InChI is InChI=1S/C23H21NO5/c1-2-12-28-20-9-6-16(7-10-20)23(27)29-21-11-8-17(22(26)14-21)15-24-18-4-3-5-19(25)13-18/h3-11,13-15,25-26H,2,12H2,1H3. The number of esters is 1. The highest BCUT2D eigenvalue weighted by atomic mass is 16.5. The SMILES string of the molecule is CCCOc1ccc(C(=O)Oc2ccc(C=Nc3cccc(O)c3)c(O)c2)cc1. The maximum absolute atomic E-state index is 12.3. The third-order valence-corrected chi connectivity index (χ3v) is 3.96. The number of rotatable bonds is 7. The zero-order valence-electron chi connectivity index (χ0n) is 15.9. The Balaban J connectivity index is 1.66. The second-order valence-corrected chi connectivity index (χ2v) is 6.26. The molecule has 0 aliphatic heterocycles. The number of carbonyl (C=O) groups is 1. The van der Waals surface area contributed by atoms with E-state index in [0.717, 1.165) is 6.42 Å². The van der Waals surface area contributed by atoms with E-state index in [4.69, 9.17) is 9.47 Å². The van der Waals surface area contributed by atoms with Crippen molar-refractivity contribution in [2.75, 3.05) is 6.61 Å². The lowest BCUT2D eigenvalue weighted by Crippen LogP contribution is -2.08. The molecule has 0 aliphatic carbocycles. The van der Waals surface area contributed by atoms with Gasteiger partial charge in [-0.3, -0.25) is 4.99 Å². The number of benzene rings is 3. The summed E-state index contributed by atoms with van der Waals surface area (Å²) in [4.78, 5) is 16.5. The van der Waals surface area contributed by atoms with Crippen molar-refractivity contribution in [2.24, 2.45) is 4.99 Å². The van der Waals surface area contributed by atoms with Gasteiger partial charge in [-0.2, -0.15) is 0 Å². The molecule has 0 unspecified atom stereocenters. The van der Waals surface area contributed by atoms with Gasteiger partial charge in [0.15, 0.2) is 0 Å². The predicted molar refractivity (Wildman–Crippen MR) is 111 cm³/mol. The quantitative estimate of drug-likeness (QED) is 0.341. The average molecular weight is 391 g/mol. The van der Waals surface area contributed by atoms with Crippen LogP contribution in [0, 0.1) is 0 Å². The summed E-state index contributed by atoms with van der Waals surface area (Å²) in [6, 6.07) is 17.6. The van der Waals surface area contributed by atoms with Crippen molar-refractivity contribution in [1.29, 1.82) is 0 Å². The molecular weight excluding hydrogens is 370 g/mol. The molecule has 0 aliphatic rings. The van der Waals surface area contributed by atoms with Gasteiger partial charge in [0.05, 0.1) is 17.9 Å². The molecule has 6 nitrogen and oxygen atoms in total. The normalized spacial score (nSPS) is 10.8. The topological polar surface area (TPSA) is 88.4 Å². The summed E-state index contributed by atoms with van der Waals surface area (Å²) in [5.41, 5.74) is 1.37. The van der Waals surface area contributed by atoms with E-state index in [1.165, 1.54) is 18.3 Å². The fourth-order valence-corrected chi connectivity index (χ4v) is 2.49. The van der Waals surface area contributed by atoms with Crippen LogP contribution in [0.25, 0.3) is 0 Å². The summed E-state index contributed by atoms with van der Waals surface area (Å²) in [6.07, 6.45) is 2.37. The minimum absolute atomic E-state index is 0.0810. The van der Waals surface area contributed by atoms with Gasteiger partial charge in [-0.15, -0.1) is 0 Å². The van der Waals surface area contributed by atoms with Gasteiger partial charge in [0, 0.05) is 23.9 Å². The number of aliphatic imine (C=N–C) groups is 1. The second kappa shape index (κ2) is 9.41. The zero-order chi connectivity index (χ0) is 20.6. The molecule has 0 amide bonds. The molecule has 148 valence electrons. The Morgan fingerprint density at radius 2 is 1.76 bits per heavy atom. The van der Waals surface area contributed by atoms with E-state index in [9.17, 15) is 15.0 Å². The summed E-state index contributed by atoms with van der Waals surface area (Å²) in [5.74, 6) is 0.399. The van der Waals surface area contributed by atoms with Crippen LogP contribution in [0.5, 0.6) is 23.0 Å². The first-order valence-corrected chi connectivity index (χ1v) is 9.16. The molecule has 6 heteroatoms. The Kier molecular flexibility index (Phi) is 6.47. The second-order valence-electron chi connectivity index (χ2n) is 6.26. The summed E-state index contributed by atoms with van der Waals surface area (Å²) in [7, 11) is 0. The van der Waals surface area contributed by atoms with E-state index in [-0.39, 0.29) is 17.2 Å². The lowest BCUT2D eigenvalue weighted by atomic mass is 10.2. The molecule has 0 heterocycles. The highest BCUT2D eigenvalue weighted by Gasteiger charge is 2.10. The van der Waals surface area contributed by atoms with Crippen LogP contribution in [-0.2, 0) is 0 Å². The van der Waals surface area contributed by atoms with Gasteiger partial charge in [0.2, 0.25) is 0 Å². The van der Waals surface area contributed by atoms with Crippen LogP contribution >= 0.6 is 0 Å². The highest BCUT2D eigenvalue weighted by Crippen LogP contribution is 2.25. The van der Waals surface area contributed by atoms with Crippen molar-refractivity contribution < 1.29 is 24.5 Å². The monoisotopic (exact) mass is 391 g/mol. The molecule has 0 fully saturated rings. The Morgan fingerprint density at radius 1 is 1.00 bits per heavy atom. The number of carbonyl (C=O) groups excluding carboxylic acids is 1. The first-order chi connectivity index (χ1) is 14.0. The maximum atomic E-state index is 12.3. The Bertz CT molecular complexity index is 1010. The summed E-state index contributed by atoms with van der Waals surface area (Å²) in [6.45, 7) is 2.63. The maximum Gasteiger partial charge on any atom is 0.343 e. The molecule has 0 atom stereocenters. The molecule has 0 aromatic heterocycles. The molecule has 3 aromatic carbocycles. The predicted octanol–water partition coefficient (Wildman–Crippen LogP) is 4.86. The van der Waals surface area contributed by atoms with Crippen LogP contribution in [0.15, 0.2) is 71.7 Å². The van der Waals surface area contributed by atoms with E-state index in [0.29, 0.717) is 29.2 Å². The first kappa shape index (κ1) is 19.9. The van der Waals surface area contributed by atoms with Crippen molar-refractivity contribution in [3.8, 4) is 23.0 Å². The lowest BCUT2D eigenvalue weighted by Gasteiger charge is -2.08. The molecule has 29 heavy (non-hydrogen) atoms. The van der Waals surface area contributed by atoms with Crippen LogP contribution in [0.3, 0.4) is 0 Å². The zero-order valence-corrected chi connectivity index (χ0v) is 15.9. The number of ether oxygens (including phenoxy) is 2. The number of phenols is 2. The van der Waals surface area contributed by atoms with Crippen LogP contribution in [0.1, 0.15) is 29.3 Å². The molecule has 0 saturated carbocycles. The molecule has 2 N–H and O–H groups in total. The summed E-state index contributed by atoms with van der Waals surface area (Å²) < 4.78 is 10.8. The largest absolute Gasteiger partial charge is 0.508 e. The smallest absolute Gasteiger partial charge is 0.343 e.